The lowest BCUT2D eigenvalue weighted by Crippen LogP contribution is -2.08. The quantitative estimate of drug-likeness (QED) is 0.527. The lowest BCUT2D eigenvalue weighted by atomic mass is 10.1. The summed E-state index contributed by atoms with van der Waals surface area (Å²) in [6.45, 7) is 3.73. The van der Waals surface area contributed by atoms with E-state index in [1.54, 1.807) is 17.4 Å². The predicted molar refractivity (Wildman–Crippen MR) is 107 cm³/mol. The molecule has 0 aliphatic heterocycles. The number of rotatable bonds is 4. The molecule has 0 aliphatic rings. The fourth-order valence-corrected chi connectivity index (χ4v) is 4.05. The molecular weight excluding hydrogens is 364 g/mol. The third kappa shape index (κ3) is 2.92. The van der Waals surface area contributed by atoms with Gasteiger partial charge in [0.15, 0.2) is 16.9 Å². The van der Waals surface area contributed by atoms with Crippen LogP contribution in [0.1, 0.15) is 13.8 Å². The molecule has 0 amide bonds. The van der Waals surface area contributed by atoms with Crippen LogP contribution in [0.4, 0.5) is 0 Å². The van der Waals surface area contributed by atoms with Gasteiger partial charge >= 0.3 is 0 Å². The fourth-order valence-electron chi connectivity index (χ4n) is 3.10. The molecule has 1 N–H and O–H groups in total. The van der Waals surface area contributed by atoms with Crippen LogP contribution in [0, 0.1) is 0 Å². The van der Waals surface area contributed by atoms with Gasteiger partial charge in [-0.1, -0.05) is 18.2 Å². The highest BCUT2D eigenvalue weighted by Crippen LogP contribution is 2.43. The number of ether oxygens (including phenoxy) is 2. The Hall–Kier alpha value is -2.99. The van der Waals surface area contributed by atoms with Gasteiger partial charge in [-0.3, -0.25) is 4.79 Å². The Morgan fingerprint density at radius 3 is 2.70 bits per heavy atom. The van der Waals surface area contributed by atoms with Gasteiger partial charge in [-0.15, -0.1) is 11.3 Å². The molecule has 0 spiro atoms. The minimum Gasteiger partial charge on any atom is -0.504 e. The van der Waals surface area contributed by atoms with E-state index >= 15 is 0 Å². The van der Waals surface area contributed by atoms with Crippen molar-refractivity contribution in [1.29, 1.82) is 0 Å². The van der Waals surface area contributed by atoms with Crippen LogP contribution in [0.25, 0.3) is 32.4 Å². The molecule has 27 heavy (non-hydrogen) atoms. The molecule has 2 aromatic heterocycles. The number of thiophene rings is 1. The Morgan fingerprint density at radius 2 is 1.96 bits per heavy atom. The number of fused-ring (bicyclic) bond motifs is 2. The molecular formula is C21H18O5S. The van der Waals surface area contributed by atoms with Crippen LogP contribution in [-0.4, -0.2) is 18.3 Å². The molecule has 0 unspecified atom stereocenters. The summed E-state index contributed by atoms with van der Waals surface area (Å²) in [6, 6.07) is 10.9. The average Bonchev–Trinajstić information content (AvgIpc) is 3.05. The van der Waals surface area contributed by atoms with Crippen molar-refractivity contribution >= 4 is 32.4 Å². The second kappa shape index (κ2) is 6.63. The van der Waals surface area contributed by atoms with Crippen molar-refractivity contribution in [2.75, 3.05) is 7.11 Å². The Bertz CT molecular complexity index is 1200. The first-order valence-corrected chi connectivity index (χ1v) is 9.38. The van der Waals surface area contributed by atoms with Gasteiger partial charge in [-0.25, -0.2) is 0 Å². The van der Waals surface area contributed by atoms with E-state index in [9.17, 15) is 9.90 Å². The van der Waals surface area contributed by atoms with E-state index in [0.717, 1.165) is 15.6 Å². The number of phenolic OH excluding ortho intramolecular Hbond substituents is 1. The zero-order valence-corrected chi connectivity index (χ0v) is 15.9. The van der Waals surface area contributed by atoms with Crippen LogP contribution in [0.2, 0.25) is 0 Å². The Labute approximate surface area is 159 Å². The Balaban J connectivity index is 1.99. The summed E-state index contributed by atoms with van der Waals surface area (Å²) in [4.78, 5) is 12.7. The van der Waals surface area contributed by atoms with Crippen LogP contribution < -0.4 is 14.9 Å². The lowest BCUT2D eigenvalue weighted by Gasteiger charge is -2.15. The van der Waals surface area contributed by atoms with Crippen LogP contribution in [0.3, 0.4) is 0 Å². The number of hydrogen-bond donors (Lipinski definition) is 1. The predicted octanol–water partition coefficient (Wildman–Crippen LogP) is 5.18. The summed E-state index contributed by atoms with van der Waals surface area (Å²) in [5, 5.41) is 13.6. The molecule has 4 rings (SSSR count). The minimum atomic E-state index is -0.339. The Kier molecular flexibility index (Phi) is 4.28. The highest BCUT2D eigenvalue weighted by atomic mass is 32.1. The van der Waals surface area contributed by atoms with Gasteiger partial charge in [-0.05, 0) is 19.9 Å². The van der Waals surface area contributed by atoms with E-state index in [-0.39, 0.29) is 34.0 Å². The van der Waals surface area contributed by atoms with Crippen molar-refractivity contribution in [2.24, 2.45) is 0 Å². The van der Waals surface area contributed by atoms with E-state index in [0.29, 0.717) is 11.5 Å². The van der Waals surface area contributed by atoms with Crippen LogP contribution in [0.15, 0.2) is 51.0 Å². The van der Waals surface area contributed by atoms with Gasteiger partial charge in [0.2, 0.25) is 5.75 Å². The van der Waals surface area contributed by atoms with Crippen molar-refractivity contribution in [2.45, 2.75) is 20.0 Å². The summed E-state index contributed by atoms with van der Waals surface area (Å²) >= 11 is 1.58. The molecule has 4 aromatic rings. The SMILES string of the molecule is COc1c(OC(C)C)cc2oc(-c3csc4ccccc34)cc(=O)c2c1O. The number of methoxy groups -OCH3 is 1. The molecule has 2 aromatic carbocycles. The van der Waals surface area contributed by atoms with Gasteiger partial charge in [-0.2, -0.15) is 0 Å². The zero-order valence-electron chi connectivity index (χ0n) is 15.1. The molecule has 0 atom stereocenters. The summed E-state index contributed by atoms with van der Waals surface area (Å²) in [5.41, 5.74) is 0.756. The molecule has 138 valence electrons. The number of phenols is 1. The molecule has 5 nitrogen and oxygen atoms in total. The normalized spacial score (nSPS) is 11.4. The third-order valence-corrected chi connectivity index (χ3v) is 5.19. The monoisotopic (exact) mass is 382 g/mol. The van der Waals surface area contributed by atoms with Crippen LogP contribution in [-0.2, 0) is 0 Å². The van der Waals surface area contributed by atoms with E-state index < -0.39 is 0 Å². The van der Waals surface area contributed by atoms with Crippen LogP contribution in [0.5, 0.6) is 17.2 Å². The zero-order chi connectivity index (χ0) is 19.1. The first kappa shape index (κ1) is 17.4. The van der Waals surface area contributed by atoms with Gasteiger partial charge in [0.1, 0.15) is 16.7 Å². The lowest BCUT2D eigenvalue weighted by molar-refractivity contribution is 0.227. The van der Waals surface area contributed by atoms with Crippen molar-refractivity contribution < 1.29 is 19.0 Å². The molecule has 0 saturated carbocycles. The minimum absolute atomic E-state index is 0.0752. The molecule has 0 radical (unpaired) electrons. The molecule has 6 heteroatoms. The Morgan fingerprint density at radius 1 is 1.19 bits per heavy atom. The molecule has 0 bridgehead atoms. The standard InChI is InChI=1S/C21H18O5S/c1-11(2)25-17-9-16-19(20(23)21(17)24-3)14(22)8-15(26-16)13-10-27-18-7-5-4-6-12(13)18/h4-11,23H,1-3H3. The number of benzene rings is 2. The highest BCUT2D eigenvalue weighted by Gasteiger charge is 2.21. The smallest absolute Gasteiger partial charge is 0.204 e. The first-order valence-electron chi connectivity index (χ1n) is 8.50. The van der Waals surface area contributed by atoms with Crippen molar-refractivity contribution in [3.05, 3.63) is 52.0 Å². The second-order valence-electron chi connectivity index (χ2n) is 6.42. The van der Waals surface area contributed by atoms with Crippen LogP contribution >= 0.6 is 11.3 Å². The van der Waals surface area contributed by atoms with Gasteiger partial charge < -0.3 is 19.0 Å². The third-order valence-electron chi connectivity index (χ3n) is 4.23. The summed E-state index contributed by atoms with van der Waals surface area (Å²) in [6.07, 6.45) is -0.133. The topological polar surface area (TPSA) is 68.9 Å². The number of aromatic hydroxyl groups is 1. The summed E-state index contributed by atoms with van der Waals surface area (Å²) < 4.78 is 18.1. The second-order valence-corrected chi connectivity index (χ2v) is 7.33. The van der Waals surface area contributed by atoms with Gasteiger partial charge in [0, 0.05) is 33.2 Å². The maximum Gasteiger partial charge on any atom is 0.204 e. The van der Waals surface area contributed by atoms with Crippen molar-refractivity contribution in [3.8, 4) is 28.6 Å². The van der Waals surface area contributed by atoms with E-state index in [4.69, 9.17) is 13.9 Å². The maximum atomic E-state index is 12.7. The first-order chi connectivity index (χ1) is 13.0. The maximum absolute atomic E-state index is 12.7. The molecule has 0 aliphatic carbocycles. The van der Waals surface area contributed by atoms with E-state index in [2.05, 4.69) is 0 Å². The largest absolute Gasteiger partial charge is 0.504 e. The summed E-state index contributed by atoms with van der Waals surface area (Å²) in [5.74, 6) is 0.622. The van der Waals surface area contributed by atoms with Crippen molar-refractivity contribution in [3.63, 3.8) is 0 Å². The molecule has 0 saturated heterocycles. The van der Waals surface area contributed by atoms with E-state index in [1.165, 1.54) is 13.2 Å². The van der Waals surface area contributed by atoms with E-state index in [1.807, 2.05) is 43.5 Å². The average molecular weight is 382 g/mol. The van der Waals surface area contributed by atoms with Crippen molar-refractivity contribution in [1.82, 2.24) is 0 Å². The molecule has 0 fully saturated rings. The molecule has 2 heterocycles. The highest BCUT2D eigenvalue weighted by molar-refractivity contribution is 7.17. The summed E-state index contributed by atoms with van der Waals surface area (Å²) in [7, 11) is 1.42. The fraction of sp³-hybridized carbons (Fsp3) is 0.190. The van der Waals surface area contributed by atoms with Gasteiger partial charge in [0.25, 0.3) is 0 Å². The van der Waals surface area contributed by atoms with Gasteiger partial charge in [0.05, 0.1) is 13.2 Å². The number of hydrogen-bond acceptors (Lipinski definition) is 6.